The lowest BCUT2D eigenvalue weighted by Crippen LogP contribution is -2.13. The molecule has 0 aliphatic carbocycles. The maximum Gasteiger partial charge on any atom is 0.337 e. The van der Waals surface area contributed by atoms with Crippen LogP contribution in [-0.2, 0) is 10.0 Å². The molecule has 1 heterocycles. The maximum atomic E-state index is 12.4. The number of aromatic nitrogens is 1. The molecule has 10 heteroatoms. The number of hydrogen-bond donors (Lipinski definition) is 2. The van der Waals surface area contributed by atoms with E-state index in [1.165, 1.54) is 12.1 Å². The van der Waals surface area contributed by atoms with Crippen molar-refractivity contribution >= 4 is 65.9 Å². The summed E-state index contributed by atoms with van der Waals surface area (Å²) in [5.41, 5.74) is 0.306. The number of sulfonamides is 1. The average molecular weight is 403 g/mol. The SMILES string of the molecule is O=C(O)c1cc(S(=O)(=O)Nc2nc3ccc(Cl)cc3s2)ccc1Cl. The molecule has 0 saturated heterocycles. The first-order valence-corrected chi connectivity index (χ1v) is 9.43. The van der Waals surface area contributed by atoms with Crippen molar-refractivity contribution in [3.05, 3.63) is 52.0 Å². The van der Waals surface area contributed by atoms with Crippen LogP contribution in [0.2, 0.25) is 10.0 Å². The first-order chi connectivity index (χ1) is 11.3. The normalized spacial score (nSPS) is 11.6. The fourth-order valence-corrected chi connectivity index (χ4v) is 4.55. The number of carboxylic acids is 1. The van der Waals surface area contributed by atoms with Crippen LogP contribution in [0.3, 0.4) is 0 Å². The van der Waals surface area contributed by atoms with Gasteiger partial charge in [0.25, 0.3) is 10.0 Å². The van der Waals surface area contributed by atoms with E-state index in [-0.39, 0.29) is 20.6 Å². The van der Waals surface area contributed by atoms with Crippen LogP contribution in [-0.4, -0.2) is 24.5 Å². The summed E-state index contributed by atoms with van der Waals surface area (Å²) >= 11 is 12.8. The van der Waals surface area contributed by atoms with Gasteiger partial charge >= 0.3 is 5.97 Å². The number of hydrogen-bond acceptors (Lipinski definition) is 5. The van der Waals surface area contributed by atoms with E-state index < -0.39 is 16.0 Å². The molecule has 0 amide bonds. The van der Waals surface area contributed by atoms with Crippen molar-refractivity contribution in [3.63, 3.8) is 0 Å². The average Bonchev–Trinajstić information content (AvgIpc) is 2.87. The van der Waals surface area contributed by atoms with Gasteiger partial charge in [-0.3, -0.25) is 4.72 Å². The molecule has 0 atom stereocenters. The molecule has 3 rings (SSSR count). The van der Waals surface area contributed by atoms with Crippen LogP contribution < -0.4 is 4.72 Å². The summed E-state index contributed by atoms with van der Waals surface area (Å²) in [5, 5.41) is 9.67. The van der Waals surface area contributed by atoms with Gasteiger partial charge in [0.15, 0.2) is 5.13 Å². The van der Waals surface area contributed by atoms with Gasteiger partial charge in [-0.05, 0) is 36.4 Å². The molecule has 3 aromatic rings. The number of benzene rings is 2. The zero-order valence-electron chi connectivity index (χ0n) is 11.7. The van der Waals surface area contributed by atoms with E-state index in [1.807, 2.05) is 0 Å². The topological polar surface area (TPSA) is 96.4 Å². The maximum absolute atomic E-state index is 12.4. The van der Waals surface area contributed by atoms with E-state index >= 15 is 0 Å². The molecule has 0 spiro atoms. The van der Waals surface area contributed by atoms with Crippen molar-refractivity contribution < 1.29 is 18.3 Å². The number of rotatable bonds is 4. The van der Waals surface area contributed by atoms with Gasteiger partial charge in [0, 0.05) is 5.02 Å². The number of aromatic carboxylic acids is 1. The molecule has 0 unspecified atom stereocenters. The van der Waals surface area contributed by atoms with E-state index in [9.17, 15) is 13.2 Å². The number of fused-ring (bicyclic) bond motifs is 1. The predicted molar refractivity (Wildman–Crippen MR) is 93.8 cm³/mol. The van der Waals surface area contributed by atoms with Gasteiger partial charge in [0.05, 0.1) is 25.7 Å². The third kappa shape index (κ3) is 3.32. The summed E-state index contributed by atoms with van der Waals surface area (Å²) in [4.78, 5) is 15.0. The van der Waals surface area contributed by atoms with Gasteiger partial charge in [0.1, 0.15) is 0 Å². The van der Waals surface area contributed by atoms with Crippen LogP contribution in [0.1, 0.15) is 10.4 Å². The summed E-state index contributed by atoms with van der Waals surface area (Å²) in [6.07, 6.45) is 0. The number of thiazole rings is 1. The molecule has 0 aliphatic rings. The number of anilines is 1. The second kappa shape index (κ2) is 6.21. The Balaban J connectivity index is 1.98. The fraction of sp³-hybridized carbons (Fsp3) is 0. The van der Waals surface area contributed by atoms with Crippen molar-refractivity contribution in [1.29, 1.82) is 0 Å². The zero-order chi connectivity index (χ0) is 17.5. The van der Waals surface area contributed by atoms with E-state index in [0.29, 0.717) is 10.5 Å². The Kier molecular flexibility index (Phi) is 4.39. The molecule has 0 bridgehead atoms. The predicted octanol–water partition coefficient (Wildman–Crippen LogP) is 4.10. The van der Waals surface area contributed by atoms with Crippen molar-refractivity contribution in [3.8, 4) is 0 Å². The third-order valence-corrected chi connectivity index (χ3v) is 6.01. The monoisotopic (exact) mass is 402 g/mol. The lowest BCUT2D eigenvalue weighted by molar-refractivity contribution is 0.0697. The first kappa shape index (κ1) is 17.0. The summed E-state index contributed by atoms with van der Waals surface area (Å²) in [5.74, 6) is -1.31. The number of nitrogens with one attached hydrogen (secondary N) is 1. The summed E-state index contributed by atoms with van der Waals surface area (Å²) in [6, 6.07) is 8.45. The van der Waals surface area contributed by atoms with Crippen molar-refractivity contribution in [2.75, 3.05) is 4.72 Å². The van der Waals surface area contributed by atoms with Crippen molar-refractivity contribution in [1.82, 2.24) is 4.98 Å². The van der Waals surface area contributed by atoms with Crippen LogP contribution in [0.5, 0.6) is 0 Å². The molecular weight excluding hydrogens is 395 g/mol. The molecule has 2 aromatic carbocycles. The van der Waals surface area contributed by atoms with Gasteiger partial charge in [-0.2, -0.15) is 0 Å². The Hall–Kier alpha value is -1.87. The van der Waals surface area contributed by atoms with Gasteiger partial charge in [0.2, 0.25) is 0 Å². The Labute approximate surface area is 150 Å². The van der Waals surface area contributed by atoms with Crippen molar-refractivity contribution in [2.24, 2.45) is 0 Å². The minimum absolute atomic E-state index is 0.0453. The van der Waals surface area contributed by atoms with Crippen LogP contribution in [0.25, 0.3) is 10.2 Å². The third-order valence-electron chi connectivity index (χ3n) is 3.05. The molecule has 1 aromatic heterocycles. The van der Waals surface area contributed by atoms with E-state index in [2.05, 4.69) is 9.71 Å². The van der Waals surface area contributed by atoms with Crippen LogP contribution in [0.4, 0.5) is 5.13 Å². The Bertz CT molecular complexity index is 1060. The molecule has 124 valence electrons. The second-order valence-corrected chi connectivity index (χ2v) is 8.24. The molecule has 2 N–H and O–H groups in total. The second-order valence-electron chi connectivity index (χ2n) is 4.68. The summed E-state index contributed by atoms with van der Waals surface area (Å²) in [6.45, 7) is 0. The molecular formula is C14H8Cl2N2O4S2. The van der Waals surface area contributed by atoms with Crippen LogP contribution >= 0.6 is 34.5 Å². The van der Waals surface area contributed by atoms with E-state index in [1.54, 1.807) is 18.2 Å². The van der Waals surface area contributed by atoms with E-state index in [0.717, 1.165) is 22.1 Å². The van der Waals surface area contributed by atoms with E-state index in [4.69, 9.17) is 28.3 Å². The minimum atomic E-state index is -4.00. The first-order valence-electron chi connectivity index (χ1n) is 6.38. The lowest BCUT2D eigenvalue weighted by atomic mass is 10.2. The molecule has 6 nitrogen and oxygen atoms in total. The Morgan fingerprint density at radius 2 is 1.92 bits per heavy atom. The van der Waals surface area contributed by atoms with Gasteiger partial charge in [-0.25, -0.2) is 18.2 Å². The molecule has 0 radical (unpaired) electrons. The minimum Gasteiger partial charge on any atom is -0.478 e. The Morgan fingerprint density at radius 3 is 2.62 bits per heavy atom. The summed E-state index contributed by atoms with van der Waals surface area (Å²) in [7, 11) is -4.00. The van der Waals surface area contributed by atoms with Gasteiger partial charge < -0.3 is 5.11 Å². The van der Waals surface area contributed by atoms with Crippen LogP contribution in [0.15, 0.2) is 41.3 Å². The quantitative estimate of drug-likeness (QED) is 0.684. The summed E-state index contributed by atoms with van der Waals surface area (Å²) < 4.78 is 27.9. The fourth-order valence-electron chi connectivity index (χ4n) is 1.95. The molecule has 0 fully saturated rings. The molecule has 24 heavy (non-hydrogen) atoms. The number of carboxylic acid groups (broad SMARTS) is 1. The number of carbonyl (C=O) groups is 1. The lowest BCUT2D eigenvalue weighted by Gasteiger charge is -2.06. The van der Waals surface area contributed by atoms with Crippen molar-refractivity contribution in [2.45, 2.75) is 4.90 Å². The Morgan fingerprint density at radius 1 is 1.17 bits per heavy atom. The standard InChI is InChI=1S/C14H8Cl2N2O4S2/c15-7-1-4-11-12(5-7)23-14(17-11)18-24(21,22)8-2-3-10(16)9(6-8)13(19)20/h1-6H,(H,17,18)(H,19,20). The van der Waals surface area contributed by atoms with Gasteiger partial charge in [-0.1, -0.05) is 34.5 Å². The zero-order valence-corrected chi connectivity index (χ0v) is 14.8. The number of nitrogens with zero attached hydrogens (tertiary/aromatic N) is 1. The largest absolute Gasteiger partial charge is 0.478 e. The highest BCUT2D eigenvalue weighted by molar-refractivity contribution is 7.93. The van der Waals surface area contributed by atoms with Gasteiger partial charge in [-0.15, -0.1) is 0 Å². The number of halogens is 2. The molecule has 0 aliphatic heterocycles. The highest BCUT2D eigenvalue weighted by Crippen LogP contribution is 2.30. The highest BCUT2D eigenvalue weighted by Gasteiger charge is 2.20. The van der Waals surface area contributed by atoms with Crippen LogP contribution in [0, 0.1) is 0 Å². The smallest absolute Gasteiger partial charge is 0.337 e. The molecule has 0 saturated carbocycles. The highest BCUT2D eigenvalue weighted by atomic mass is 35.5.